The van der Waals surface area contributed by atoms with Crippen LogP contribution in [0.15, 0.2) is 118 Å². The molecule has 0 aliphatic rings. The summed E-state index contributed by atoms with van der Waals surface area (Å²) in [5.74, 6) is 0. The first-order chi connectivity index (χ1) is 16.8. The van der Waals surface area contributed by atoms with E-state index >= 15 is 0 Å². The van der Waals surface area contributed by atoms with Crippen molar-refractivity contribution in [2.45, 2.75) is 0 Å². The van der Waals surface area contributed by atoms with Gasteiger partial charge in [-0.05, 0) is 69.1 Å². The normalized spacial score (nSPS) is 12.1. The molecule has 2 aromatic heterocycles. The largest absolute Gasteiger partial charge is 0.452 e. The molecule has 6 aromatic carbocycles. The van der Waals surface area contributed by atoms with Crippen molar-refractivity contribution in [3.63, 3.8) is 0 Å². The van der Waals surface area contributed by atoms with Gasteiger partial charge in [-0.25, -0.2) is 0 Å². The number of furan rings is 2. The first-order valence-electron chi connectivity index (χ1n) is 11.5. The van der Waals surface area contributed by atoms with Crippen LogP contribution in [0.5, 0.6) is 0 Å². The molecular formula is C32H18O2. The third-order valence-electron chi connectivity index (χ3n) is 7.04. The number of fused-ring (bicyclic) bond motifs is 9. The molecule has 0 unspecified atom stereocenters. The zero-order valence-electron chi connectivity index (χ0n) is 18.2. The molecule has 0 bridgehead atoms. The van der Waals surface area contributed by atoms with Crippen LogP contribution in [0.25, 0.3) is 76.5 Å². The average molecular weight is 434 g/mol. The Kier molecular flexibility index (Phi) is 3.42. The van der Waals surface area contributed by atoms with Crippen molar-refractivity contribution in [3.8, 4) is 11.1 Å². The zero-order valence-corrected chi connectivity index (χ0v) is 18.2. The van der Waals surface area contributed by atoms with Gasteiger partial charge in [-0.3, -0.25) is 0 Å². The number of rotatable bonds is 1. The van der Waals surface area contributed by atoms with E-state index in [2.05, 4.69) is 91.0 Å². The molecule has 2 nitrogen and oxygen atoms in total. The van der Waals surface area contributed by atoms with Crippen molar-refractivity contribution >= 4 is 65.4 Å². The average Bonchev–Trinajstić information content (AvgIpc) is 3.45. The van der Waals surface area contributed by atoms with Gasteiger partial charge in [0.25, 0.3) is 0 Å². The molecule has 0 amide bonds. The third kappa shape index (κ3) is 2.35. The highest BCUT2D eigenvalue weighted by Crippen LogP contribution is 2.42. The van der Waals surface area contributed by atoms with Gasteiger partial charge in [0.15, 0.2) is 11.2 Å². The smallest absolute Gasteiger partial charge is 0.178 e. The molecule has 0 N–H and O–H groups in total. The molecule has 0 radical (unpaired) electrons. The lowest BCUT2D eigenvalue weighted by Crippen LogP contribution is -1.85. The van der Waals surface area contributed by atoms with Crippen molar-refractivity contribution in [2.24, 2.45) is 0 Å². The predicted molar refractivity (Wildman–Crippen MR) is 141 cm³/mol. The lowest BCUT2D eigenvalue weighted by Gasteiger charge is -2.12. The van der Waals surface area contributed by atoms with E-state index < -0.39 is 0 Å². The summed E-state index contributed by atoms with van der Waals surface area (Å²) < 4.78 is 12.6. The molecule has 0 atom stereocenters. The Hall–Kier alpha value is -4.56. The minimum atomic E-state index is 0.809. The summed E-state index contributed by atoms with van der Waals surface area (Å²) in [6.45, 7) is 0. The monoisotopic (exact) mass is 434 g/mol. The van der Waals surface area contributed by atoms with E-state index in [-0.39, 0.29) is 0 Å². The van der Waals surface area contributed by atoms with Crippen molar-refractivity contribution in [2.75, 3.05) is 0 Å². The van der Waals surface area contributed by atoms with Crippen LogP contribution in [0.3, 0.4) is 0 Å². The molecule has 158 valence electrons. The zero-order chi connectivity index (χ0) is 22.2. The molecule has 2 heterocycles. The fraction of sp³-hybridized carbons (Fsp3) is 0. The Morgan fingerprint density at radius 2 is 0.941 bits per heavy atom. The van der Waals surface area contributed by atoms with Crippen molar-refractivity contribution in [1.82, 2.24) is 0 Å². The van der Waals surface area contributed by atoms with E-state index in [0.29, 0.717) is 0 Å². The van der Waals surface area contributed by atoms with Gasteiger partial charge in [0, 0.05) is 21.5 Å². The second-order valence-electron chi connectivity index (χ2n) is 8.92. The predicted octanol–water partition coefficient (Wildman–Crippen LogP) is 9.46. The maximum atomic E-state index is 6.37. The Morgan fingerprint density at radius 3 is 1.65 bits per heavy atom. The Labute approximate surface area is 194 Å². The van der Waals surface area contributed by atoms with Gasteiger partial charge in [-0.2, -0.15) is 0 Å². The van der Waals surface area contributed by atoms with Crippen LogP contribution in [0.4, 0.5) is 0 Å². The van der Waals surface area contributed by atoms with Gasteiger partial charge in [0.2, 0.25) is 0 Å². The second-order valence-corrected chi connectivity index (χ2v) is 8.92. The molecule has 0 spiro atoms. The molecule has 8 aromatic rings. The maximum absolute atomic E-state index is 6.37. The summed E-state index contributed by atoms with van der Waals surface area (Å²) in [5, 5.41) is 9.39. The highest BCUT2D eigenvalue weighted by molar-refractivity contribution is 6.20. The SMILES string of the molecule is c1ccc2c(-c3ccc4oc5c(ccc6c7ccccc7oc65)c4c3)c3ccccc3cc2c1. The molecule has 0 aliphatic carbocycles. The molecule has 2 heteroatoms. The molecule has 0 saturated heterocycles. The fourth-order valence-corrected chi connectivity index (χ4v) is 5.50. The number of hydrogen-bond acceptors (Lipinski definition) is 2. The summed E-state index contributed by atoms with van der Waals surface area (Å²) in [4.78, 5) is 0. The van der Waals surface area contributed by atoms with E-state index in [0.717, 1.165) is 43.9 Å². The van der Waals surface area contributed by atoms with Gasteiger partial charge in [0.05, 0.1) is 0 Å². The molecule has 8 rings (SSSR count). The van der Waals surface area contributed by atoms with Gasteiger partial charge in [-0.1, -0.05) is 72.8 Å². The van der Waals surface area contributed by atoms with Gasteiger partial charge in [0.1, 0.15) is 11.2 Å². The van der Waals surface area contributed by atoms with Gasteiger partial charge < -0.3 is 8.83 Å². The number of para-hydroxylation sites is 1. The summed E-state index contributed by atoms with van der Waals surface area (Å²) in [5.41, 5.74) is 5.82. The third-order valence-corrected chi connectivity index (χ3v) is 7.04. The van der Waals surface area contributed by atoms with E-state index in [9.17, 15) is 0 Å². The van der Waals surface area contributed by atoms with E-state index in [1.54, 1.807) is 0 Å². The van der Waals surface area contributed by atoms with Crippen molar-refractivity contribution < 1.29 is 8.83 Å². The van der Waals surface area contributed by atoms with Crippen LogP contribution in [-0.2, 0) is 0 Å². The Bertz CT molecular complexity index is 2020. The number of hydrogen-bond donors (Lipinski definition) is 0. The highest BCUT2D eigenvalue weighted by atomic mass is 16.4. The first-order valence-corrected chi connectivity index (χ1v) is 11.5. The molecule has 0 aliphatic heterocycles. The number of benzene rings is 6. The lowest BCUT2D eigenvalue weighted by molar-refractivity contribution is 0.633. The van der Waals surface area contributed by atoms with Crippen LogP contribution in [-0.4, -0.2) is 0 Å². The van der Waals surface area contributed by atoms with Crippen LogP contribution >= 0.6 is 0 Å². The van der Waals surface area contributed by atoms with Crippen LogP contribution in [0.1, 0.15) is 0 Å². The molecule has 0 fully saturated rings. The Morgan fingerprint density at radius 1 is 0.382 bits per heavy atom. The maximum Gasteiger partial charge on any atom is 0.178 e. The first kappa shape index (κ1) is 17.9. The summed E-state index contributed by atoms with van der Waals surface area (Å²) >= 11 is 0. The summed E-state index contributed by atoms with van der Waals surface area (Å²) in [6.07, 6.45) is 0. The summed E-state index contributed by atoms with van der Waals surface area (Å²) in [6, 6.07) is 38.5. The molecular weight excluding hydrogens is 416 g/mol. The van der Waals surface area contributed by atoms with E-state index in [1.165, 1.54) is 32.7 Å². The summed E-state index contributed by atoms with van der Waals surface area (Å²) in [7, 11) is 0. The minimum absolute atomic E-state index is 0.809. The topological polar surface area (TPSA) is 26.3 Å². The highest BCUT2D eigenvalue weighted by Gasteiger charge is 2.17. The fourth-order valence-electron chi connectivity index (χ4n) is 5.50. The van der Waals surface area contributed by atoms with Crippen molar-refractivity contribution in [3.05, 3.63) is 109 Å². The van der Waals surface area contributed by atoms with Crippen LogP contribution < -0.4 is 0 Å². The standard InChI is InChI=1S/C32H18O2/c1-3-9-22-19(7-1)17-20-8-2-4-10-23(20)30(22)21-13-16-29-27(18-21)26-15-14-25-24-11-5-6-12-28(24)33-31(25)32(26)34-29/h1-18H. The second kappa shape index (κ2) is 6.49. The van der Waals surface area contributed by atoms with Crippen LogP contribution in [0, 0.1) is 0 Å². The lowest BCUT2D eigenvalue weighted by atomic mass is 9.91. The Balaban J connectivity index is 1.47. The van der Waals surface area contributed by atoms with Crippen molar-refractivity contribution in [1.29, 1.82) is 0 Å². The van der Waals surface area contributed by atoms with Gasteiger partial charge in [-0.15, -0.1) is 0 Å². The van der Waals surface area contributed by atoms with E-state index in [4.69, 9.17) is 8.83 Å². The van der Waals surface area contributed by atoms with Crippen LogP contribution in [0.2, 0.25) is 0 Å². The quantitative estimate of drug-likeness (QED) is 0.240. The van der Waals surface area contributed by atoms with E-state index in [1.807, 2.05) is 18.2 Å². The minimum Gasteiger partial charge on any atom is -0.452 e. The molecule has 0 saturated carbocycles. The van der Waals surface area contributed by atoms with Gasteiger partial charge >= 0.3 is 0 Å². The molecule has 34 heavy (non-hydrogen) atoms.